The van der Waals surface area contributed by atoms with E-state index in [0.717, 1.165) is 32.4 Å². The van der Waals surface area contributed by atoms with Crippen LogP contribution in [0.5, 0.6) is 0 Å². The van der Waals surface area contributed by atoms with Gasteiger partial charge in [0.15, 0.2) is 0 Å². The summed E-state index contributed by atoms with van der Waals surface area (Å²) in [6, 6.07) is 5.01. The normalized spacial score (nSPS) is 26.4. The first-order chi connectivity index (χ1) is 8.84. The van der Waals surface area contributed by atoms with Crippen LogP contribution in [-0.4, -0.2) is 29.9 Å². The number of thiophene rings is 1. The summed E-state index contributed by atoms with van der Waals surface area (Å²) in [7, 11) is 0. The van der Waals surface area contributed by atoms with E-state index >= 15 is 0 Å². The number of hydrogen-bond donors (Lipinski definition) is 1. The fourth-order valence-corrected chi connectivity index (χ4v) is 3.97. The van der Waals surface area contributed by atoms with Crippen LogP contribution >= 0.6 is 23.7 Å². The monoisotopic (exact) mass is 300 g/mol. The molecule has 3 rings (SSSR count). The standard InChI is InChI=1S/C14H20N2OS.ClH/c17-14(10-11-4-1-7-15-11)16-8-2-5-12(16)13-6-3-9-18-13;/h3,6,9,11-12,15H,1-2,4-5,7-8,10H2;1H. The summed E-state index contributed by atoms with van der Waals surface area (Å²) in [6.45, 7) is 2.01. The third-order valence-electron chi connectivity index (χ3n) is 4.03. The smallest absolute Gasteiger partial charge is 0.224 e. The maximum atomic E-state index is 12.4. The van der Waals surface area contributed by atoms with Crippen molar-refractivity contribution in [1.82, 2.24) is 10.2 Å². The molecule has 2 saturated heterocycles. The van der Waals surface area contributed by atoms with Gasteiger partial charge in [0.25, 0.3) is 0 Å². The van der Waals surface area contributed by atoms with Crippen molar-refractivity contribution in [2.45, 2.75) is 44.2 Å². The van der Waals surface area contributed by atoms with Gasteiger partial charge in [-0.2, -0.15) is 0 Å². The van der Waals surface area contributed by atoms with Crippen LogP contribution < -0.4 is 5.32 Å². The SMILES string of the molecule is Cl.O=C(CC1CCCN1)N1CCCC1c1cccs1. The van der Waals surface area contributed by atoms with Crippen LogP contribution in [0.4, 0.5) is 0 Å². The lowest BCUT2D eigenvalue weighted by atomic mass is 10.1. The minimum absolute atomic E-state index is 0. The van der Waals surface area contributed by atoms with E-state index in [-0.39, 0.29) is 12.4 Å². The zero-order valence-electron chi connectivity index (χ0n) is 11.0. The maximum absolute atomic E-state index is 12.4. The number of amides is 1. The highest BCUT2D eigenvalue weighted by Gasteiger charge is 2.31. The number of nitrogens with one attached hydrogen (secondary N) is 1. The molecule has 1 aromatic rings. The number of carbonyl (C=O) groups excluding carboxylic acids is 1. The first kappa shape index (κ1) is 14.8. The molecule has 3 nitrogen and oxygen atoms in total. The molecule has 1 N–H and O–H groups in total. The lowest BCUT2D eigenvalue weighted by Gasteiger charge is -2.25. The summed E-state index contributed by atoms with van der Waals surface area (Å²) in [5.74, 6) is 0.338. The molecule has 1 amide bonds. The summed E-state index contributed by atoms with van der Waals surface area (Å²) in [5, 5.41) is 5.52. The van der Waals surface area contributed by atoms with Crippen molar-refractivity contribution in [3.63, 3.8) is 0 Å². The summed E-state index contributed by atoms with van der Waals surface area (Å²) >= 11 is 1.77. The summed E-state index contributed by atoms with van der Waals surface area (Å²) in [6.07, 6.45) is 5.33. The molecule has 3 heterocycles. The molecular weight excluding hydrogens is 280 g/mol. The van der Waals surface area contributed by atoms with Gasteiger partial charge in [0.2, 0.25) is 5.91 Å². The predicted octanol–water partition coefficient (Wildman–Crippen LogP) is 2.98. The zero-order valence-corrected chi connectivity index (χ0v) is 12.6. The van der Waals surface area contributed by atoms with Crippen molar-refractivity contribution in [3.8, 4) is 0 Å². The molecule has 0 radical (unpaired) electrons. The highest BCUT2D eigenvalue weighted by molar-refractivity contribution is 7.10. The molecule has 0 saturated carbocycles. The Balaban J connectivity index is 0.00000133. The molecule has 0 aromatic carbocycles. The van der Waals surface area contributed by atoms with Gasteiger partial charge in [0.1, 0.15) is 0 Å². The van der Waals surface area contributed by atoms with Crippen LogP contribution in [0, 0.1) is 0 Å². The molecule has 0 aliphatic carbocycles. The van der Waals surface area contributed by atoms with E-state index in [1.165, 1.54) is 11.3 Å². The Morgan fingerprint density at radius 3 is 3.00 bits per heavy atom. The Bertz CT molecular complexity index is 404. The van der Waals surface area contributed by atoms with E-state index in [1.807, 2.05) is 0 Å². The minimum Gasteiger partial charge on any atom is -0.335 e. The fourth-order valence-electron chi connectivity index (χ4n) is 3.10. The van der Waals surface area contributed by atoms with Crippen molar-refractivity contribution >= 4 is 29.7 Å². The molecule has 2 atom stereocenters. The number of carbonyl (C=O) groups is 1. The molecule has 0 bridgehead atoms. The van der Waals surface area contributed by atoms with Crippen LogP contribution in [0.25, 0.3) is 0 Å². The Kier molecular flexibility index (Phi) is 5.25. The fraction of sp³-hybridized carbons (Fsp3) is 0.643. The van der Waals surface area contributed by atoms with E-state index in [1.54, 1.807) is 11.3 Å². The highest BCUT2D eigenvalue weighted by atomic mass is 35.5. The van der Waals surface area contributed by atoms with E-state index in [2.05, 4.69) is 27.7 Å². The van der Waals surface area contributed by atoms with Crippen molar-refractivity contribution in [3.05, 3.63) is 22.4 Å². The predicted molar refractivity (Wildman–Crippen MR) is 80.9 cm³/mol. The van der Waals surface area contributed by atoms with Gasteiger partial charge in [-0.05, 0) is 43.7 Å². The van der Waals surface area contributed by atoms with E-state index < -0.39 is 0 Å². The topological polar surface area (TPSA) is 32.3 Å². The number of nitrogens with zero attached hydrogens (tertiary/aromatic N) is 1. The highest BCUT2D eigenvalue weighted by Crippen LogP contribution is 2.35. The first-order valence-electron chi connectivity index (χ1n) is 6.91. The van der Waals surface area contributed by atoms with Gasteiger partial charge >= 0.3 is 0 Å². The molecular formula is C14H21ClN2OS. The molecule has 2 aliphatic rings. The minimum atomic E-state index is 0. The van der Waals surface area contributed by atoms with Crippen molar-refractivity contribution < 1.29 is 4.79 Å². The van der Waals surface area contributed by atoms with Gasteiger partial charge in [-0.1, -0.05) is 6.07 Å². The number of halogens is 1. The van der Waals surface area contributed by atoms with Crippen LogP contribution in [0.15, 0.2) is 17.5 Å². The molecule has 106 valence electrons. The average Bonchev–Trinajstić information content (AvgIpc) is 3.11. The zero-order chi connectivity index (χ0) is 12.4. The Morgan fingerprint density at radius 2 is 2.32 bits per heavy atom. The molecule has 1 aromatic heterocycles. The van der Waals surface area contributed by atoms with Crippen molar-refractivity contribution in [2.24, 2.45) is 0 Å². The second-order valence-corrected chi connectivity index (χ2v) is 6.24. The molecule has 19 heavy (non-hydrogen) atoms. The summed E-state index contributed by atoms with van der Waals surface area (Å²) < 4.78 is 0. The van der Waals surface area contributed by atoms with Crippen molar-refractivity contribution in [2.75, 3.05) is 13.1 Å². The number of hydrogen-bond acceptors (Lipinski definition) is 3. The average molecular weight is 301 g/mol. The van der Waals surface area contributed by atoms with E-state index in [9.17, 15) is 4.79 Å². The van der Waals surface area contributed by atoms with Crippen molar-refractivity contribution in [1.29, 1.82) is 0 Å². The van der Waals surface area contributed by atoms with Crippen LogP contribution in [0.1, 0.15) is 43.0 Å². The summed E-state index contributed by atoms with van der Waals surface area (Å²) in [5.41, 5.74) is 0. The second-order valence-electron chi connectivity index (χ2n) is 5.26. The van der Waals surface area contributed by atoms with Gasteiger partial charge < -0.3 is 10.2 Å². The Hall–Kier alpha value is -0.580. The van der Waals surface area contributed by atoms with Gasteiger partial charge in [-0.15, -0.1) is 23.7 Å². The maximum Gasteiger partial charge on any atom is 0.224 e. The van der Waals surface area contributed by atoms with Crippen LogP contribution in [0.2, 0.25) is 0 Å². The largest absolute Gasteiger partial charge is 0.335 e. The third-order valence-corrected chi connectivity index (χ3v) is 5.00. The van der Waals surface area contributed by atoms with Gasteiger partial charge in [0.05, 0.1) is 6.04 Å². The van der Waals surface area contributed by atoms with Crippen LogP contribution in [-0.2, 0) is 4.79 Å². The summed E-state index contributed by atoms with van der Waals surface area (Å²) in [4.78, 5) is 15.8. The molecule has 2 unspecified atom stereocenters. The Labute approximate surface area is 124 Å². The van der Waals surface area contributed by atoms with Gasteiger partial charge in [-0.3, -0.25) is 4.79 Å². The molecule has 2 fully saturated rings. The van der Waals surface area contributed by atoms with Gasteiger partial charge in [0, 0.05) is 23.9 Å². The molecule has 0 spiro atoms. The quantitative estimate of drug-likeness (QED) is 0.931. The van der Waals surface area contributed by atoms with Gasteiger partial charge in [-0.25, -0.2) is 0 Å². The number of likely N-dealkylation sites (tertiary alicyclic amines) is 1. The van der Waals surface area contributed by atoms with E-state index in [4.69, 9.17) is 0 Å². The first-order valence-corrected chi connectivity index (χ1v) is 7.79. The molecule has 5 heteroatoms. The number of rotatable bonds is 3. The lowest BCUT2D eigenvalue weighted by Crippen LogP contribution is -2.35. The third kappa shape index (κ3) is 3.30. The lowest BCUT2D eigenvalue weighted by molar-refractivity contribution is -0.132. The second kappa shape index (κ2) is 6.73. The molecule has 2 aliphatic heterocycles. The van der Waals surface area contributed by atoms with Crippen LogP contribution in [0.3, 0.4) is 0 Å². The van der Waals surface area contributed by atoms with E-state index in [0.29, 0.717) is 24.4 Å². The Morgan fingerprint density at radius 1 is 1.42 bits per heavy atom.